The maximum absolute atomic E-state index is 13.8. The van der Waals surface area contributed by atoms with E-state index in [-0.39, 0.29) is 12.5 Å². The normalized spacial score (nSPS) is 13.1. The third-order valence-corrected chi connectivity index (χ3v) is 5.28. The minimum atomic E-state index is -1.03. The molecule has 0 aromatic heterocycles. The fraction of sp³-hybridized carbons (Fsp3) is 0.615. The van der Waals surface area contributed by atoms with Gasteiger partial charge >= 0.3 is 12.1 Å². The van der Waals surface area contributed by atoms with Crippen LogP contribution in [-0.2, 0) is 30.3 Å². The number of nitrogens with zero attached hydrogens (tertiary/aromatic N) is 1. The van der Waals surface area contributed by atoms with E-state index in [1.807, 2.05) is 19.1 Å². The molecule has 0 aliphatic heterocycles. The van der Waals surface area contributed by atoms with E-state index in [0.29, 0.717) is 5.56 Å². The van der Waals surface area contributed by atoms with Crippen LogP contribution in [0.25, 0.3) is 0 Å². The van der Waals surface area contributed by atoms with Crippen LogP contribution in [0.15, 0.2) is 24.3 Å². The van der Waals surface area contributed by atoms with E-state index in [9.17, 15) is 19.2 Å². The second-order valence-electron chi connectivity index (χ2n) is 10.00. The number of amides is 3. The molecular formula is C26H41N3O6. The van der Waals surface area contributed by atoms with Crippen LogP contribution in [0, 0.1) is 5.92 Å². The Hall–Kier alpha value is -3.10. The molecule has 1 aromatic carbocycles. The van der Waals surface area contributed by atoms with Gasteiger partial charge in [-0.15, -0.1) is 0 Å². The number of ether oxygens (including phenoxy) is 2. The molecule has 2 N–H and O–H groups in total. The molecule has 0 spiro atoms. The van der Waals surface area contributed by atoms with Gasteiger partial charge in [0.2, 0.25) is 11.8 Å². The first-order valence-corrected chi connectivity index (χ1v) is 12.0. The molecule has 2 atom stereocenters. The van der Waals surface area contributed by atoms with Crippen molar-refractivity contribution in [1.82, 2.24) is 15.5 Å². The topological polar surface area (TPSA) is 114 Å². The van der Waals surface area contributed by atoms with Crippen molar-refractivity contribution in [3.8, 4) is 0 Å². The van der Waals surface area contributed by atoms with Gasteiger partial charge in [0.05, 0.1) is 7.11 Å². The Kier molecular flexibility index (Phi) is 11.2. The molecule has 0 heterocycles. The zero-order chi connectivity index (χ0) is 26.9. The van der Waals surface area contributed by atoms with Gasteiger partial charge < -0.3 is 25.0 Å². The zero-order valence-electron chi connectivity index (χ0n) is 22.4. The molecule has 9 heteroatoms. The van der Waals surface area contributed by atoms with Gasteiger partial charge in [-0.1, -0.05) is 45.0 Å². The average Bonchev–Trinajstić information content (AvgIpc) is 2.77. The second-order valence-corrected chi connectivity index (χ2v) is 10.00. The third kappa shape index (κ3) is 9.22. The lowest BCUT2D eigenvalue weighted by Gasteiger charge is -2.38. The number of aryl methyl sites for hydroxylation is 1. The minimum absolute atomic E-state index is 0.280. The largest absolute Gasteiger partial charge is 0.468 e. The smallest absolute Gasteiger partial charge is 0.408 e. The predicted molar refractivity (Wildman–Crippen MR) is 134 cm³/mol. The van der Waals surface area contributed by atoms with Crippen LogP contribution < -0.4 is 10.6 Å². The molecule has 0 saturated carbocycles. The summed E-state index contributed by atoms with van der Waals surface area (Å²) in [5.41, 5.74) is 0.937. The summed E-state index contributed by atoms with van der Waals surface area (Å²) >= 11 is 0. The Labute approximate surface area is 208 Å². The SMILES string of the molecule is CCc1ccc(C(C(=O)NCC(=O)OC)N(C(=O)C(NC(=O)OC(C)(C)C)C(C)C)C(C)C)cc1. The fourth-order valence-corrected chi connectivity index (χ4v) is 3.49. The lowest BCUT2D eigenvalue weighted by atomic mass is 9.96. The van der Waals surface area contributed by atoms with Gasteiger partial charge in [-0.05, 0) is 58.1 Å². The molecule has 35 heavy (non-hydrogen) atoms. The molecule has 1 rings (SSSR count). The van der Waals surface area contributed by atoms with Crippen LogP contribution in [0.2, 0.25) is 0 Å². The summed E-state index contributed by atoms with van der Waals surface area (Å²) in [6.07, 6.45) is 0.105. The van der Waals surface area contributed by atoms with E-state index < -0.39 is 47.6 Å². The summed E-state index contributed by atoms with van der Waals surface area (Å²) in [4.78, 5) is 52.8. The summed E-state index contributed by atoms with van der Waals surface area (Å²) < 4.78 is 9.98. The molecule has 1 aromatic rings. The molecule has 0 bridgehead atoms. The maximum atomic E-state index is 13.8. The number of methoxy groups -OCH3 is 1. The molecule has 0 saturated heterocycles. The number of carbonyl (C=O) groups excluding carboxylic acids is 4. The Bertz CT molecular complexity index is 874. The van der Waals surface area contributed by atoms with E-state index >= 15 is 0 Å². The number of esters is 1. The zero-order valence-corrected chi connectivity index (χ0v) is 22.4. The van der Waals surface area contributed by atoms with Crippen LogP contribution in [0.1, 0.15) is 72.6 Å². The summed E-state index contributed by atoms with van der Waals surface area (Å²) in [6.45, 7) is 14.1. The number of hydrogen-bond donors (Lipinski definition) is 2. The molecular weight excluding hydrogens is 450 g/mol. The molecule has 196 valence electrons. The van der Waals surface area contributed by atoms with Crippen molar-refractivity contribution in [1.29, 1.82) is 0 Å². The summed E-state index contributed by atoms with van der Waals surface area (Å²) in [5, 5.41) is 5.24. The number of alkyl carbamates (subject to hydrolysis) is 1. The van der Waals surface area contributed by atoms with E-state index in [1.54, 1.807) is 60.6 Å². The highest BCUT2D eigenvalue weighted by atomic mass is 16.6. The Morgan fingerprint density at radius 2 is 1.57 bits per heavy atom. The van der Waals surface area contributed by atoms with E-state index in [0.717, 1.165) is 12.0 Å². The second kappa shape index (κ2) is 13.1. The van der Waals surface area contributed by atoms with Crippen molar-refractivity contribution in [3.63, 3.8) is 0 Å². The minimum Gasteiger partial charge on any atom is -0.468 e. The van der Waals surface area contributed by atoms with Crippen molar-refractivity contribution >= 4 is 23.9 Å². The Balaban J connectivity index is 3.43. The molecule has 0 fully saturated rings. The van der Waals surface area contributed by atoms with Gasteiger partial charge in [0, 0.05) is 6.04 Å². The average molecular weight is 492 g/mol. The highest BCUT2D eigenvalue weighted by molar-refractivity contribution is 5.93. The number of carbonyl (C=O) groups is 4. The van der Waals surface area contributed by atoms with Crippen LogP contribution in [0.4, 0.5) is 4.79 Å². The van der Waals surface area contributed by atoms with Gasteiger partial charge in [0.1, 0.15) is 24.2 Å². The monoisotopic (exact) mass is 491 g/mol. The summed E-state index contributed by atoms with van der Waals surface area (Å²) in [6, 6.07) is 5.04. The predicted octanol–water partition coefficient (Wildman–Crippen LogP) is 3.37. The molecule has 9 nitrogen and oxygen atoms in total. The van der Waals surface area contributed by atoms with Crippen LogP contribution in [0.3, 0.4) is 0 Å². The van der Waals surface area contributed by atoms with Crippen molar-refractivity contribution in [2.75, 3.05) is 13.7 Å². The highest BCUT2D eigenvalue weighted by Gasteiger charge is 2.39. The standard InChI is InChI=1S/C26H41N3O6/c1-10-18-11-13-19(14-12-18)22(23(31)27-15-20(30)34-9)29(17(4)5)24(32)21(16(2)3)28-25(33)35-26(6,7)8/h11-14,16-17,21-22H,10,15H2,1-9H3,(H,27,31)(H,28,33). The third-order valence-electron chi connectivity index (χ3n) is 5.28. The van der Waals surface area contributed by atoms with Crippen LogP contribution in [-0.4, -0.2) is 60.1 Å². The van der Waals surface area contributed by atoms with Crippen molar-refractivity contribution in [3.05, 3.63) is 35.4 Å². The van der Waals surface area contributed by atoms with Gasteiger partial charge in [-0.3, -0.25) is 14.4 Å². The molecule has 0 aliphatic rings. The number of benzene rings is 1. The van der Waals surface area contributed by atoms with Crippen molar-refractivity contribution < 1.29 is 28.7 Å². The van der Waals surface area contributed by atoms with E-state index in [4.69, 9.17) is 4.74 Å². The molecule has 2 unspecified atom stereocenters. The maximum Gasteiger partial charge on any atom is 0.408 e. The number of hydrogen-bond acceptors (Lipinski definition) is 6. The summed E-state index contributed by atoms with van der Waals surface area (Å²) in [7, 11) is 1.23. The van der Waals surface area contributed by atoms with Crippen molar-refractivity contribution in [2.45, 2.75) is 85.5 Å². The molecule has 3 amide bonds. The number of rotatable bonds is 10. The lowest BCUT2D eigenvalue weighted by molar-refractivity contribution is -0.146. The quantitative estimate of drug-likeness (QED) is 0.485. The van der Waals surface area contributed by atoms with Gasteiger partial charge in [0.25, 0.3) is 0 Å². The lowest BCUT2D eigenvalue weighted by Crippen LogP contribution is -2.56. The van der Waals surface area contributed by atoms with Gasteiger partial charge in [-0.25, -0.2) is 4.79 Å². The molecule has 0 aliphatic carbocycles. The Morgan fingerprint density at radius 1 is 1.00 bits per heavy atom. The first kappa shape index (κ1) is 29.9. The van der Waals surface area contributed by atoms with Crippen LogP contribution in [0.5, 0.6) is 0 Å². The first-order chi connectivity index (χ1) is 16.2. The fourth-order valence-electron chi connectivity index (χ4n) is 3.49. The highest BCUT2D eigenvalue weighted by Crippen LogP contribution is 2.26. The van der Waals surface area contributed by atoms with Gasteiger partial charge in [-0.2, -0.15) is 0 Å². The molecule has 0 radical (unpaired) electrons. The van der Waals surface area contributed by atoms with Crippen molar-refractivity contribution in [2.24, 2.45) is 5.92 Å². The van der Waals surface area contributed by atoms with E-state index in [1.165, 1.54) is 12.0 Å². The van der Waals surface area contributed by atoms with E-state index in [2.05, 4.69) is 15.4 Å². The first-order valence-electron chi connectivity index (χ1n) is 12.0. The van der Waals surface area contributed by atoms with Crippen LogP contribution >= 0.6 is 0 Å². The number of nitrogens with one attached hydrogen (secondary N) is 2. The summed E-state index contributed by atoms with van der Waals surface area (Å²) in [5.74, 6) is -1.84. The Morgan fingerprint density at radius 3 is 2.00 bits per heavy atom. The van der Waals surface area contributed by atoms with Gasteiger partial charge in [0.15, 0.2) is 0 Å².